The summed E-state index contributed by atoms with van der Waals surface area (Å²) in [6, 6.07) is 0. The molecule has 0 aromatic heterocycles. The first-order chi connectivity index (χ1) is 7.52. The highest BCUT2D eigenvalue weighted by atomic mass is 16.5. The van der Waals surface area contributed by atoms with E-state index in [1.807, 2.05) is 0 Å². The van der Waals surface area contributed by atoms with E-state index in [1.54, 1.807) is 19.9 Å². The zero-order valence-corrected chi connectivity index (χ0v) is 9.50. The van der Waals surface area contributed by atoms with Gasteiger partial charge in [-0.25, -0.2) is 4.79 Å². The molecule has 0 fully saturated rings. The molecule has 2 N–H and O–H groups in total. The van der Waals surface area contributed by atoms with Gasteiger partial charge in [-0.3, -0.25) is 15.6 Å². The summed E-state index contributed by atoms with van der Waals surface area (Å²) in [5, 5.41) is 0. The number of rotatable bonds is 6. The minimum Gasteiger partial charge on any atom is -0.461 e. The average molecular weight is 224 g/mol. The average Bonchev–Trinajstić information content (AvgIpc) is 2.25. The Kier molecular flexibility index (Phi) is 6.35. The number of hydrogen-bond acceptors (Lipinski definition) is 4. The quantitative estimate of drug-likeness (QED) is 0.303. The van der Waals surface area contributed by atoms with Crippen LogP contribution in [-0.4, -0.2) is 18.5 Å². The van der Waals surface area contributed by atoms with Crippen LogP contribution in [0.4, 0.5) is 0 Å². The van der Waals surface area contributed by atoms with Crippen molar-refractivity contribution in [3.05, 3.63) is 36.6 Å². The van der Waals surface area contributed by atoms with Crippen molar-refractivity contribution < 1.29 is 14.3 Å². The zero-order chi connectivity index (χ0) is 12.6. The van der Waals surface area contributed by atoms with Crippen LogP contribution in [0.1, 0.15) is 13.8 Å². The molecule has 0 aromatic rings. The largest absolute Gasteiger partial charge is 0.461 e. The molecule has 0 spiro atoms. The Morgan fingerprint density at radius 3 is 2.50 bits per heavy atom. The minimum atomic E-state index is -0.604. The first-order valence-corrected chi connectivity index (χ1v) is 4.74. The Morgan fingerprint density at radius 1 is 1.38 bits per heavy atom. The monoisotopic (exact) mass is 224 g/mol. The van der Waals surface area contributed by atoms with Crippen molar-refractivity contribution in [1.29, 1.82) is 0 Å². The number of allylic oxidation sites excluding steroid dienone is 2. The van der Waals surface area contributed by atoms with Gasteiger partial charge < -0.3 is 4.74 Å². The van der Waals surface area contributed by atoms with E-state index in [2.05, 4.69) is 28.7 Å². The minimum absolute atomic E-state index is 0.0263. The van der Waals surface area contributed by atoms with E-state index in [0.29, 0.717) is 5.57 Å². The van der Waals surface area contributed by atoms with E-state index in [4.69, 9.17) is 0 Å². The maximum absolute atomic E-state index is 11.3. The van der Waals surface area contributed by atoms with Crippen LogP contribution < -0.4 is 10.9 Å². The lowest BCUT2D eigenvalue weighted by Crippen LogP contribution is -2.39. The molecule has 0 radical (unpaired) electrons. The standard InChI is InChI=1S/C11H16N2O3/c1-5-7-8(3)10(14)13-12-9(4)11(15)16-6-2/h5,7,12H,1,4,6H2,2-3H3,(H,13,14)/b8-7+. The maximum atomic E-state index is 11.3. The zero-order valence-electron chi connectivity index (χ0n) is 9.50. The number of carbonyl (C=O) groups is 2. The molecule has 0 bridgehead atoms. The Morgan fingerprint density at radius 2 is 2.00 bits per heavy atom. The summed E-state index contributed by atoms with van der Waals surface area (Å²) in [5.74, 6) is -0.974. The molecule has 16 heavy (non-hydrogen) atoms. The van der Waals surface area contributed by atoms with E-state index in [-0.39, 0.29) is 18.2 Å². The maximum Gasteiger partial charge on any atom is 0.355 e. The lowest BCUT2D eigenvalue weighted by atomic mass is 10.3. The molecule has 5 heteroatoms. The van der Waals surface area contributed by atoms with Gasteiger partial charge in [-0.1, -0.05) is 25.3 Å². The van der Waals surface area contributed by atoms with Crippen LogP contribution >= 0.6 is 0 Å². The fourth-order valence-electron chi connectivity index (χ4n) is 0.752. The van der Waals surface area contributed by atoms with Crippen molar-refractivity contribution in [2.24, 2.45) is 0 Å². The Balaban J connectivity index is 4.11. The molecular formula is C11H16N2O3. The van der Waals surface area contributed by atoms with Crippen molar-refractivity contribution >= 4 is 11.9 Å². The van der Waals surface area contributed by atoms with Gasteiger partial charge in [0, 0.05) is 5.57 Å². The predicted octanol–water partition coefficient (Wildman–Crippen LogP) is 0.816. The van der Waals surface area contributed by atoms with E-state index < -0.39 is 5.97 Å². The molecule has 0 aliphatic heterocycles. The number of hydrogen-bond donors (Lipinski definition) is 2. The smallest absolute Gasteiger partial charge is 0.355 e. The second kappa shape index (κ2) is 7.28. The highest BCUT2D eigenvalue weighted by molar-refractivity contribution is 5.94. The summed E-state index contributed by atoms with van der Waals surface area (Å²) in [5.41, 5.74) is 5.09. The third-order valence-corrected chi connectivity index (χ3v) is 1.57. The van der Waals surface area contributed by atoms with Crippen LogP contribution in [0, 0.1) is 0 Å². The fourth-order valence-corrected chi connectivity index (χ4v) is 0.752. The second-order valence-electron chi connectivity index (χ2n) is 2.86. The third-order valence-electron chi connectivity index (χ3n) is 1.57. The van der Waals surface area contributed by atoms with Crippen LogP contribution in [0.25, 0.3) is 0 Å². The van der Waals surface area contributed by atoms with E-state index in [1.165, 1.54) is 6.08 Å². The molecule has 1 amide bonds. The molecule has 0 heterocycles. The van der Waals surface area contributed by atoms with E-state index in [0.717, 1.165) is 0 Å². The first kappa shape index (κ1) is 14.0. The molecule has 0 aromatic carbocycles. The summed E-state index contributed by atoms with van der Waals surface area (Å²) in [6.45, 7) is 10.4. The van der Waals surface area contributed by atoms with Gasteiger partial charge in [0.05, 0.1) is 6.61 Å². The van der Waals surface area contributed by atoms with Gasteiger partial charge in [0.1, 0.15) is 5.70 Å². The predicted molar refractivity (Wildman–Crippen MR) is 61.0 cm³/mol. The molecule has 88 valence electrons. The topological polar surface area (TPSA) is 67.4 Å². The Bertz CT molecular complexity index is 332. The van der Waals surface area contributed by atoms with Gasteiger partial charge in [-0.2, -0.15) is 0 Å². The molecule has 0 aliphatic rings. The summed E-state index contributed by atoms with van der Waals surface area (Å²) in [4.78, 5) is 22.4. The summed E-state index contributed by atoms with van der Waals surface area (Å²) in [7, 11) is 0. The van der Waals surface area contributed by atoms with Crippen molar-refractivity contribution in [3.8, 4) is 0 Å². The molecule has 0 saturated carbocycles. The molecule has 0 rings (SSSR count). The number of amides is 1. The summed E-state index contributed by atoms with van der Waals surface area (Å²) >= 11 is 0. The molecular weight excluding hydrogens is 208 g/mol. The van der Waals surface area contributed by atoms with Crippen LogP contribution in [0.2, 0.25) is 0 Å². The SMILES string of the molecule is C=C/C=C(\C)C(=O)NNC(=C)C(=O)OCC. The third kappa shape index (κ3) is 4.99. The lowest BCUT2D eigenvalue weighted by Gasteiger charge is -2.09. The van der Waals surface area contributed by atoms with Crippen molar-refractivity contribution in [1.82, 2.24) is 10.9 Å². The van der Waals surface area contributed by atoms with Crippen molar-refractivity contribution in [2.75, 3.05) is 6.61 Å². The highest BCUT2D eigenvalue weighted by Gasteiger charge is 2.08. The number of nitrogens with one attached hydrogen (secondary N) is 2. The van der Waals surface area contributed by atoms with Gasteiger partial charge in [0.15, 0.2) is 0 Å². The number of hydrazine groups is 1. The van der Waals surface area contributed by atoms with Gasteiger partial charge in [0.25, 0.3) is 5.91 Å². The highest BCUT2D eigenvalue weighted by Crippen LogP contribution is 1.92. The van der Waals surface area contributed by atoms with Crippen LogP contribution in [0.5, 0.6) is 0 Å². The van der Waals surface area contributed by atoms with Gasteiger partial charge in [-0.05, 0) is 13.8 Å². The van der Waals surface area contributed by atoms with Crippen molar-refractivity contribution in [3.63, 3.8) is 0 Å². The van der Waals surface area contributed by atoms with Gasteiger partial charge in [0.2, 0.25) is 0 Å². The summed E-state index contributed by atoms with van der Waals surface area (Å²) in [6.07, 6.45) is 3.04. The molecule has 0 saturated heterocycles. The first-order valence-electron chi connectivity index (χ1n) is 4.74. The number of carbonyl (C=O) groups excluding carboxylic acids is 2. The Hall–Kier alpha value is -2.04. The van der Waals surface area contributed by atoms with Crippen LogP contribution in [-0.2, 0) is 14.3 Å². The van der Waals surface area contributed by atoms with Gasteiger partial charge in [-0.15, -0.1) is 0 Å². The summed E-state index contributed by atoms with van der Waals surface area (Å²) < 4.78 is 4.66. The van der Waals surface area contributed by atoms with Crippen LogP contribution in [0.3, 0.4) is 0 Å². The number of esters is 1. The molecule has 0 unspecified atom stereocenters. The van der Waals surface area contributed by atoms with E-state index in [9.17, 15) is 9.59 Å². The Labute approximate surface area is 94.8 Å². The van der Waals surface area contributed by atoms with E-state index >= 15 is 0 Å². The fraction of sp³-hybridized carbons (Fsp3) is 0.273. The normalized spacial score (nSPS) is 10.2. The molecule has 0 aliphatic carbocycles. The molecule has 0 atom stereocenters. The second-order valence-corrected chi connectivity index (χ2v) is 2.86. The molecule has 5 nitrogen and oxygen atoms in total. The van der Waals surface area contributed by atoms with Gasteiger partial charge >= 0.3 is 5.97 Å². The lowest BCUT2D eigenvalue weighted by molar-refractivity contribution is -0.139. The van der Waals surface area contributed by atoms with Crippen LogP contribution in [0.15, 0.2) is 36.6 Å². The number of ether oxygens (including phenoxy) is 1. The van der Waals surface area contributed by atoms with Crippen molar-refractivity contribution in [2.45, 2.75) is 13.8 Å².